The van der Waals surface area contributed by atoms with Crippen LogP contribution < -0.4 is 0 Å². The third kappa shape index (κ3) is 4.87. The second-order valence-electron chi connectivity index (χ2n) is 3.83. The lowest BCUT2D eigenvalue weighted by Gasteiger charge is -2.16. The van der Waals surface area contributed by atoms with Crippen molar-refractivity contribution in [3.63, 3.8) is 0 Å². The predicted octanol–water partition coefficient (Wildman–Crippen LogP) is 3.68. The second-order valence-corrected chi connectivity index (χ2v) is 3.83. The zero-order valence-corrected chi connectivity index (χ0v) is 10.0. The fraction of sp³-hybridized carbons (Fsp3) is 0.462. The van der Waals surface area contributed by atoms with E-state index in [4.69, 9.17) is 4.74 Å². The molecule has 0 heterocycles. The van der Waals surface area contributed by atoms with Crippen LogP contribution in [0.1, 0.15) is 31.4 Å². The van der Waals surface area contributed by atoms with E-state index < -0.39 is 30.9 Å². The molecule has 100 valence electrons. The summed E-state index contributed by atoms with van der Waals surface area (Å²) in [5.41, 5.74) is 0.589. The number of alkyl halides is 3. The van der Waals surface area contributed by atoms with Gasteiger partial charge >= 0.3 is 6.18 Å². The first-order valence-electron chi connectivity index (χ1n) is 5.70. The zero-order chi connectivity index (χ0) is 13.6. The van der Waals surface area contributed by atoms with Crippen LogP contribution in [0, 0.1) is 0 Å². The van der Waals surface area contributed by atoms with Gasteiger partial charge in [0.2, 0.25) is 0 Å². The van der Waals surface area contributed by atoms with E-state index >= 15 is 0 Å². The standard InChI is InChI=1S/C13H15F3O2/c1-2-18-12(10-6-4-3-5-7-10)11(17)8-9-13(14,15)16/h3-7,12H,2,8-9H2,1H3. The monoisotopic (exact) mass is 260 g/mol. The van der Waals surface area contributed by atoms with Crippen molar-refractivity contribution in [1.82, 2.24) is 0 Å². The first-order chi connectivity index (χ1) is 8.44. The van der Waals surface area contributed by atoms with Crippen molar-refractivity contribution in [3.05, 3.63) is 35.9 Å². The van der Waals surface area contributed by atoms with Crippen LogP contribution in [0.3, 0.4) is 0 Å². The minimum absolute atomic E-state index is 0.275. The van der Waals surface area contributed by atoms with Crippen molar-refractivity contribution in [1.29, 1.82) is 0 Å². The largest absolute Gasteiger partial charge is 0.389 e. The average Bonchev–Trinajstić information content (AvgIpc) is 2.33. The summed E-state index contributed by atoms with van der Waals surface area (Å²) in [6.45, 7) is 1.98. The van der Waals surface area contributed by atoms with Gasteiger partial charge in [0.15, 0.2) is 5.78 Å². The fourth-order valence-corrected chi connectivity index (χ4v) is 1.57. The molecule has 0 aliphatic heterocycles. The number of hydrogen-bond donors (Lipinski definition) is 0. The summed E-state index contributed by atoms with van der Waals surface area (Å²) in [5.74, 6) is -0.541. The number of halogens is 3. The van der Waals surface area contributed by atoms with Gasteiger partial charge in [-0.25, -0.2) is 0 Å². The summed E-state index contributed by atoms with van der Waals surface area (Å²) in [7, 11) is 0. The highest BCUT2D eigenvalue weighted by molar-refractivity contribution is 5.84. The normalized spacial score (nSPS) is 13.3. The number of carbonyl (C=O) groups excluding carboxylic acids is 1. The molecule has 1 aromatic rings. The molecule has 0 N–H and O–H groups in total. The third-order valence-electron chi connectivity index (χ3n) is 2.38. The molecule has 0 saturated carbocycles. The lowest BCUT2D eigenvalue weighted by Crippen LogP contribution is -2.19. The van der Waals surface area contributed by atoms with E-state index in [2.05, 4.69) is 0 Å². The van der Waals surface area contributed by atoms with Crippen molar-refractivity contribution in [3.8, 4) is 0 Å². The number of carbonyl (C=O) groups is 1. The minimum atomic E-state index is -4.32. The van der Waals surface area contributed by atoms with Gasteiger partial charge in [-0.3, -0.25) is 4.79 Å². The highest BCUT2D eigenvalue weighted by Gasteiger charge is 2.30. The molecule has 2 nitrogen and oxygen atoms in total. The van der Waals surface area contributed by atoms with Crippen LogP contribution in [-0.2, 0) is 9.53 Å². The maximum atomic E-state index is 12.1. The number of benzene rings is 1. The molecule has 0 aliphatic rings. The Kier molecular flexibility index (Phi) is 5.34. The van der Waals surface area contributed by atoms with Crippen molar-refractivity contribution in [2.75, 3.05) is 6.61 Å². The third-order valence-corrected chi connectivity index (χ3v) is 2.38. The van der Waals surface area contributed by atoms with Gasteiger partial charge in [-0.15, -0.1) is 0 Å². The van der Waals surface area contributed by atoms with Crippen molar-refractivity contribution < 1.29 is 22.7 Å². The van der Waals surface area contributed by atoms with Crippen molar-refractivity contribution in [2.45, 2.75) is 32.0 Å². The maximum absolute atomic E-state index is 12.1. The Hall–Kier alpha value is -1.36. The zero-order valence-electron chi connectivity index (χ0n) is 10.0. The molecule has 18 heavy (non-hydrogen) atoms. The van der Waals surface area contributed by atoms with E-state index in [1.807, 2.05) is 0 Å². The smallest absolute Gasteiger partial charge is 0.366 e. The number of rotatable bonds is 6. The molecule has 1 aromatic carbocycles. The fourth-order valence-electron chi connectivity index (χ4n) is 1.57. The topological polar surface area (TPSA) is 26.3 Å². The highest BCUT2D eigenvalue weighted by atomic mass is 19.4. The van der Waals surface area contributed by atoms with Gasteiger partial charge in [0.25, 0.3) is 0 Å². The van der Waals surface area contributed by atoms with Gasteiger partial charge < -0.3 is 4.74 Å². The molecule has 0 fully saturated rings. The highest BCUT2D eigenvalue weighted by Crippen LogP contribution is 2.26. The quantitative estimate of drug-likeness (QED) is 0.780. The summed E-state index contributed by atoms with van der Waals surface area (Å²) in [5, 5.41) is 0. The van der Waals surface area contributed by atoms with Gasteiger partial charge in [-0.1, -0.05) is 30.3 Å². The molecule has 1 unspecified atom stereocenters. The van der Waals surface area contributed by atoms with Crippen LogP contribution in [0.2, 0.25) is 0 Å². The van der Waals surface area contributed by atoms with Crippen molar-refractivity contribution >= 4 is 5.78 Å². The van der Waals surface area contributed by atoms with E-state index in [9.17, 15) is 18.0 Å². The number of hydrogen-bond acceptors (Lipinski definition) is 2. The maximum Gasteiger partial charge on any atom is 0.389 e. The van der Waals surface area contributed by atoms with Crippen LogP contribution in [0.15, 0.2) is 30.3 Å². The van der Waals surface area contributed by atoms with Gasteiger partial charge in [-0.05, 0) is 12.5 Å². The summed E-state index contributed by atoms with van der Waals surface area (Å²) >= 11 is 0. The Morgan fingerprint density at radius 3 is 2.39 bits per heavy atom. The first-order valence-corrected chi connectivity index (χ1v) is 5.70. The lowest BCUT2D eigenvalue weighted by atomic mass is 10.0. The first kappa shape index (κ1) is 14.7. The number of ether oxygens (including phenoxy) is 1. The summed E-state index contributed by atoms with van der Waals surface area (Å²) in [6, 6.07) is 8.56. The second kappa shape index (κ2) is 6.54. The SMILES string of the molecule is CCOC(C(=O)CCC(F)(F)F)c1ccccc1. The van der Waals surface area contributed by atoms with Gasteiger partial charge in [0.1, 0.15) is 6.10 Å². The van der Waals surface area contributed by atoms with Crippen molar-refractivity contribution in [2.24, 2.45) is 0 Å². The Balaban J connectivity index is 2.70. The summed E-state index contributed by atoms with van der Waals surface area (Å²) < 4.78 is 41.5. The van der Waals surface area contributed by atoms with Crippen LogP contribution in [0.4, 0.5) is 13.2 Å². The summed E-state index contributed by atoms with van der Waals surface area (Å²) in [4.78, 5) is 11.8. The Morgan fingerprint density at radius 1 is 1.28 bits per heavy atom. The molecule has 5 heteroatoms. The van der Waals surface area contributed by atoms with E-state index in [-0.39, 0.29) is 6.61 Å². The molecule has 0 saturated heterocycles. The molecule has 0 radical (unpaired) electrons. The molecule has 0 aromatic heterocycles. The van der Waals surface area contributed by atoms with Crippen LogP contribution >= 0.6 is 0 Å². The Morgan fingerprint density at radius 2 is 1.89 bits per heavy atom. The van der Waals surface area contributed by atoms with E-state index in [0.29, 0.717) is 5.56 Å². The van der Waals surface area contributed by atoms with E-state index in [0.717, 1.165) is 0 Å². The molecular formula is C13H15F3O2. The number of Topliss-reactive ketones (excluding diaryl/α,β-unsaturated/α-hetero) is 1. The van der Waals surface area contributed by atoms with Crippen LogP contribution in [-0.4, -0.2) is 18.6 Å². The van der Waals surface area contributed by atoms with Gasteiger partial charge in [-0.2, -0.15) is 13.2 Å². The molecular weight excluding hydrogens is 245 g/mol. The lowest BCUT2D eigenvalue weighted by molar-refractivity contribution is -0.148. The molecule has 1 atom stereocenters. The molecule has 1 rings (SSSR count). The van der Waals surface area contributed by atoms with Gasteiger partial charge in [0.05, 0.1) is 6.42 Å². The minimum Gasteiger partial charge on any atom is -0.366 e. The molecule has 0 amide bonds. The van der Waals surface area contributed by atoms with E-state index in [1.165, 1.54) is 0 Å². The van der Waals surface area contributed by atoms with E-state index in [1.54, 1.807) is 37.3 Å². The van der Waals surface area contributed by atoms with Crippen LogP contribution in [0.5, 0.6) is 0 Å². The molecule has 0 aliphatic carbocycles. The molecule has 0 spiro atoms. The Bertz CT molecular complexity index is 374. The van der Waals surface area contributed by atoms with Crippen LogP contribution in [0.25, 0.3) is 0 Å². The van der Waals surface area contributed by atoms with Gasteiger partial charge in [0, 0.05) is 13.0 Å². The Labute approximate surface area is 104 Å². The molecule has 0 bridgehead atoms. The number of ketones is 1. The summed E-state index contributed by atoms with van der Waals surface area (Å²) in [6.07, 6.45) is -6.88. The predicted molar refractivity (Wildman–Crippen MR) is 61.1 cm³/mol. The average molecular weight is 260 g/mol.